The predicted molar refractivity (Wildman–Crippen MR) is 135 cm³/mol. The molecule has 0 aliphatic heterocycles. The summed E-state index contributed by atoms with van der Waals surface area (Å²) in [5.41, 5.74) is -0.0329. The summed E-state index contributed by atoms with van der Waals surface area (Å²) in [7, 11) is 0. The van der Waals surface area contributed by atoms with E-state index in [0.29, 0.717) is 26.3 Å². The number of hydrogen-bond donors (Lipinski definition) is 4. The maximum atomic E-state index is 12.7. The average Bonchev–Trinajstić information content (AvgIpc) is 2.78. The van der Waals surface area contributed by atoms with Gasteiger partial charge in [-0.25, -0.2) is 9.59 Å². The van der Waals surface area contributed by atoms with Crippen molar-refractivity contribution < 1.29 is 29.4 Å². The summed E-state index contributed by atoms with van der Waals surface area (Å²) in [5, 5.41) is 24.1. The first-order chi connectivity index (χ1) is 16.5. The highest BCUT2D eigenvalue weighted by Crippen LogP contribution is 2.28. The molecule has 2 amide bonds. The van der Waals surface area contributed by atoms with E-state index in [1.807, 2.05) is 0 Å². The molecule has 3 aromatic carbocycles. The van der Waals surface area contributed by atoms with E-state index in [4.69, 9.17) is 28.3 Å². The molecule has 0 aromatic heterocycles. The SMILES string of the molecule is CC(Sc1cccc(NC(=O)c2ccc(C(=O)O)cc2C(=O)O)c1)C(=O)Nc1cc(Cl)cc(Cl)c1. The summed E-state index contributed by atoms with van der Waals surface area (Å²) in [4.78, 5) is 48.6. The van der Waals surface area contributed by atoms with Gasteiger partial charge in [0.25, 0.3) is 5.91 Å². The number of anilines is 2. The van der Waals surface area contributed by atoms with Gasteiger partial charge >= 0.3 is 11.9 Å². The Morgan fingerprint density at radius 3 is 2.11 bits per heavy atom. The number of aromatic carboxylic acids is 2. The molecule has 4 N–H and O–H groups in total. The fourth-order valence-electron chi connectivity index (χ4n) is 3.03. The number of halogens is 2. The van der Waals surface area contributed by atoms with E-state index >= 15 is 0 Å². The molecular formula is C24H18Cl2N2O6S. The monoisotopic (exact) mass is 532 g/mol. The second-order valence-corrected chi connectivity index (χ2v) is 9.55. The first-order valence-corrected chi connectivity index (χ1v) is 11.6. The zero-order valence-corrected chi connectivity index (χ0v) is 20.4. The van der Waals surface area contributed by atoms with Crippen LogP contribution in [0.4, 0.5) is 11.4 Å². The van der Waals surface area contributed by atoms with Crippen LogP contribution in [0.3, 0.4) is 0 Å². The summed E-state index contributed by atoms with van der Waals surface area (Å²) in [6.45, 7) is 1.71. The molecule has 0 aliphatic carbocycles. The summed E-state index contributed by atoms with van der Waals surface area (Å²) in [6.07, 6.45) is 0. The Balaban J connectivity index is 1.71. The average molecular weight is 533 g/mol. The molecule has 180 valence electrons. The maximum absolute atomic E-state index is 12.7. The van der Waals surface area contributed by atoms with Crippen LogP contribution in [0.25, 0.3) is 0 Å². The van der Waals surface area contributed by atoms with Crippen molar-refractivity contribution in [2.75, 3.05) is 10.6 Å². The van der Waals surface area contributed by atoms with Gasteiger partial charge in [0.05, 0.1) is 21.9 Å². The van der Waals surface area contributed by atoms with Crippen LogP contribution in [0.2, 0.25) is 10.0 Å². The van der Waals surface area contributed by atoms with Crippen LogP contribution in [0.15, 0.2) is 65.6 Å². The number of carbonyl (C=O) groups excluding carboxylic acids is 2. The van der Waals surface area contributed by atoms with Crippen LogP contribution in [-0.2, 0) is 4.79 Å². The van der Waals surface area contributed by atoms with Gasteiger partial charge in [-0.1, -0.05) is 29.3 Å². The summed E-state index contributed by atoms with van der Waals surface area (Å²) in [5.74, 6) is -3.73. The molecule has 0 saturated heterocycles. The van der Waals surface area contributed by atoms with Crippen molar-refractivity contribution in [3.8, 4) is 0 Å². The molecule has 0 spiro atoms. The second kappa shape index (κ2) is 11.3. The molecular weight excluding hydrogens is 515 g/mol. The third-order valence-corrected chi connectivity index (χ3v) is 6.18. The zero-order chi connectivity index (χ0) is 25.7. The Morgan fingerprint density at radius 1 is 0.800 bits per heavy atom. The van der Waals surface area contributed by atoms with Crippen molar-refractivity contribution in [1.82, 2.24) is 0 Å². The van der Waals surface area contributed by atoms with Crippen LogP contribution in [0, 0.1) is 0 Å². The molecule has 8 nitrogen and oxygen atoms in total. The Kier molecular flexibility index (Phi) is 8.39. The van der Waals surface area contributed by atoms with Crippen molar-refractivity contribution in [2.45, 2.75) is 17.1 Å². The van der Waals surface area contributed by atoms with Gasteiger partial charge < -0.3 is 20.8 Å². The summed E-state index contributed by atoms with van der Waals surface area (Å²) in [6, 6.07) is 14.6. The number of thioether (sulfide) groups is 1. The van der Waals surface area contributed by atoms with Crippen molar-refractivity contribution in [3.05, 3.63) is 87.4 Å². The lowest BCUT2D eigenvalue weighted by Gasteiger charge is -2.14. The van der Waals surface area contributed by atoms with Crippen LogP contribution >= 0.6 is 35.0 Å². The van der Waals surface area contributed by atoms with Gasteiger partial charge in [-0.2, -0.15) is 0 Å². The number of carboxylic acids is 2. The second-order valence-electron chi connectivity index (χ2n) is 7.26. The van der Waals surface area contributed by atoms with Crippen molar-refractivity contribution >= 4 is 70.1 Å². The minimum Gasteiger partial charge on any atom is -0.478 e. The molecule has 35 heavy (non-hydrogen) atoms. The van der Waals surface area contributed by atoms with Gasteiger partial charge in [-0.3, -0.25) is 9.59 Å². The number of carboxylic acid groups (broad SMARTS) is 2. The molecule has 3 aromatic rings. The maximum Gasteiger partial charge on any atom is 0.336 e. The zero-order valence-electron chi connectivity index (χ0n) is 18.0. The first-order valence-electron chi connectivity index (χ1n) is 9.99. The molecule has 0 saturated carbocycles. The Hall–Kier alpha value is -3.53. The van der Waals surface area contributed by atoms with E-state index in [9.17, 15) is 24.3 Å². The smallest absolute Gasteiger partial charge is 0.336 e. The van der Waals surface area contributed by atoms with E-state index in [0.717, 1.165) is 18.2 Å². The summed E-state index contributed by atoms with van der Waals surface area (Å²) >= 11 is 13.2. The van der Waals surface area contributed by atoms with E-state index < -0.39 is 28.7 Å². The number of benzene rings is 3. The first kappa shape index (κ1) is 26.1. The Morgan fingerprint density at radius 2 is 1.49 bits per heavy atom. The fourth-order valence-corrected chi connectivity index (χ4v) is 4.48. The van der Waals surface area contributed by atoms with Crippen molar-refractivity contribution in [2.24, 2.45) is 0 Å². The van der Waals surface area contributed by atoms with Crippen molar-refractivity contribution in [1.29, 1.82) is 0 Å². The van der Waals surface area contributed by atoms with Gasteiger partial charge in [0.2, 0.25) is 5.91 Å². The lowest BCUT2D eigenvalue weighted by Crippen LogP contribution is -2.22. The predicted octanol–water partition coefficient (Wildman–Crippen LogP) is 5.76. The van der Waals surface area contributed by atoms with Gasteiger partial charge in [0.1, 0.15) is 0 Å². The molecule has 0 heterocycles. The number of carbonyl (C=O) groups is 4. The quantitative estimate of drug-likeness (QED) is 0.271. The number of amides is 2. The topological polar surface area (TPSA) is 133 Å². The lowest BCUT2D eigenvalue weighted by atomic mass is 10.0. The molecule has 0 bridgehead atoms. The Bertz CT molecular complexity index is 1310. The largest absolute Gasteiger partial charge is 0.478 e. The van der Waals surface area contributed by atoms with Gasteiger partial charge in [0, 0.05) is 26.3 Å². The molecule has 0 radical (unpaired) electrons. The number of nitrogens with one attached hydrogen (secondary N) is 2. The third kappa shape index (κ3) is 6.98. The fraction of sp³-hybridized carbons (Fsp3) is 0.0833. The number of hydrogen-bond acceptors (Lipinski definition) is 5. The summed E-state index contributed by atoms with van der Waals surface area (Å²) < 4.78 is 0. The van der Waals surface area contributed by atoms with E-state index in [1.54, 1.807) is 49.4 Å². The highest BCUT2D eigenvalue weighted by molar-refractivity contribution is 8.00. The van der Waals surface area contributed by atoms with Crippen LogP contribution in [0.5, 0.6) is 0 Å². The molecule has 0 fully saturated rings. The van der Waals surface area contributed by atoms with Gasteiger partial charge in [-0.15, -0.1) is 11.8 Å². The van der Waals surface area contributed by atoms with E-state index in [2.05, 4.69) is 10.6 Å². The molecule has 11 heteroatoms. The van der Waals surface area contributed by atoms with E-state index in [-0.39, 0.29) is 17.0 Å². The molecule has 1 unspecified atom stereocenters. The van der Waals surface area contributed by atoms with E-state index in [1.165, 1.54) is 11.8 Å². The normalized spacial score (nSPS) is 11.4. The van der Waals surface area contributed by atoms with Gasteiger partial charge in [0.15, 0.2) is 0 Å². The highest BCUT2D eigenvalue weighted by Gasteiger charge is 2.20. The van der Waals surface area contributed by atoms with Crippen LogP contribution in [0.1, 0.15) is 38.0 Å². The highest BCUT2D eigenvalue weighted by atomic mass is 35.5. The molecule has 0 aliphatic rings. The Labute approximate surface area is 214 Å². The van der Waals surface area contributed by atoms with Crippen molar-refractivity contribution in [3.63, 3.8) is 0 Å². The molecule has 3 rings (SSSR count). The standard InChI is InChI=1S/C24H18Cl2N2O6S/c1-12(21(29)28-17-9-14(25)8-15(26)10-17)35-18-4-2-3-16(11-18)27-22(30)19-6-5-13(23(31)32)7-20(19)24(33)34/h2-12H,1H3,(H,27,30)(H,28,29)(H,31,32)(H,33,34). The lowest BCUT2D eigenvalue weighted by molar-refractivity contribution is -0.115. The minimum absolute atomic E-state index is 0.187. The van der Waals surface area contributed by atoms with Crippen LogP contribution in [-0.4, -0.2) is 39.2 Å². The van der Waals surface area contributed by atoms with Gasteiger partial charge in [-0.05, 0) is 61.5 Å². The third-order valence-electron chi connectivity index (χ3n) is 4.65. The molecule has 1 atom stereocenters. The number of rotatable bonds is 8. The van der Waals surface area contributed by atoms with Crippen LogP contribution < -0.4 is 10.6 Å². The minimum atomic E-state index is -1.43.